The van der Waals surface area contributed by atoms with Gasteiger partial charge in [-0.2, -0.15) is 0 Å². The van der Waals surface area contributed by atoms with Crippen molar-refractivity contribution in [1.29, 1.82) is 0 Å². The van der Waals surface area contributed by atoms with Crippen LogP contribution in [0.25, 0.3) is 0 Å². The molecular weight excluding hydrogens is 202 g/mol. The van der Waals surface area contributed by atoms with Gasteiger partial charge in [0.2, 0.25) is 0 Å². The summed E-state index contributed by atoms with van der Waals surface area (Å²) in [5, 5.41) is 3.14. The lowest BCUT2D eigenvalue weighted by molar-refractivity contribution is 0.993. The average molecular weight is 215 g/mol. The van der Waals surface area contributed by atoms with Crippen LogP contribution in [0.15, 0.2) is 30.7 Å². The lowest BCUT2D eigenvalue weighted by atomic mass is 10.3. The SMILES string of the molecule is Cc1ccc(N)c(NCc2ccncn2)n1. The Hall–Kier alpha value is -2.17. The molecule has 0 saturated heterocycles. The zero-order valence-corrected chi connectivity index (χ0v) is 9.01. The first kappa shape index (κ1) is 10.4. The van der Waals surface area contributed by atoms with Crippen molar-refractivity contribution in [2.75, 3.05) is 11.1 Å². The van der Waals surface area contributed by atoms with Crippen LogP contribution in [0, 0.1) is 6.92 Å². The van der Waals surface area contributed by atoms with E-state index in [2.05, 4.69) is 20.3 Å². The second kappa shape index (κ2) is 4.57. The summed E-state index contributed by atoms with van der Waals surface area (Å²) in [5.74, 6) is 0.693. The minimum Gasteiger partial charge on any atom is -0.396 e. The predicted octanol–water partition coefficient (Wildman–Crippen LogP) is 1.37. The van der Waals surface area contributed by atoms with Crippen LogP contribution >= 0.6 is 0 Å². The second-order valence-electron chi connectivity index (χ2n) is 3.44. The fourth-order valence-electron chi connectivity index (χ4n) is 1.31. The van der Waals surface area contributed by atoms with Crippen LogP contribution < -0.4 is 11.1 Å². The van der Waals surface area contributed by atoms with E-state index in [4.69, 9.17) is 5.73 Å². The molecule has 0 amide bonds. The first-order valence-electron chi connectivity index (χ1n) is 4.97. The average Bonchev–Trinajstić information content (AvgIpc) is 2.32. The summed E-state index contributed by atoms with van der Waals surface area (Å²) in [6, 6.07) is 5.56. The van der Waals surface area contributed by atoms with E-state index in [1.807, 2.05) is 25.1 Å². The molecule has 0 fully saturated rings. The Morgan fingerprint density at radius 1 is 1.31 bits per heavy atom. The molecule has 5 heteroatoms. The van der Waals surface area contributed by atoms with Crippen LogP contribution in [-0.2, 0) is 6.54 Å². The first-order chi connectivity index (χ1) is 7.75. The lowest BCUT2D eigenvalue weighted by Gasteiger charge is -2.08. The molecule has 3 N–H and O–H groups in total. The molecule has 5 nitrogen and oxygen atoms in total. The summed E-state index contributed by atoms with van der Waals surface area (Å²) in [7, 11) is 0. The molecule has 2 heterocycles. The van der Waals surface area contributed by atoms with E-state index in [1.54, 1.807) is 6.20 Å². The Kier molecular flexibility index (Phi) is 2.95. The predicted molar refractivity (Wildman–Crippen MR) is 62.7 cm³/mol. The molecule has 0 bridgehead atoms. The van der Waals surface area contributed by atoms with Crippen LogP contribution in [-0.4, -0.2) is 15.0 Å². The molecule has 0 unspecified atom stereocenters. The first-order valence-corrected chi connectivity index (χ1v) is 4.97. The maximum Gasteiger partial charge on any atom is 0.149 e. The number of hydrogen-bond acceptors (Lipinski definition) is 5. The molecular formula is C11H13N5. The van der Waals surface area contributed by atoms with Gasteiger partial charge in [0.15, 0.2) is 0 Å². The number of hydrogen-bond donors (Lipinski definition) is 2. The molecule has 0 aliphatic rings. The summed E-state index contributed by atoms with van der Waals surface area (Å²) >= 11 is 0. The van der Waals surface area contributed by atoms with E-state index in [0.717, 1.165) is 11.4 Å². The zero-order chi connectivity index (χ0) is 11.4. The number of nitrogen functional groups attached to an aromatic ring is 1. The topological polar surface area (TPSA) is 76.7 Å². The Morgan fingerprint density at radius 2 is 2.19 bits per heavy atom. The highest BCUT2D eigenvalue weighted by Crippen LogP contribution is 2.15. The van der Waals surface area contributed by atoms with Crippen LogP contribution in [0.5, 0.6) is 0 Å². The van der Waals surface area contributed by atoms with E-state index in [0.29, 0.717) is 18.1 Å². The van der Waals surface area contributed by atoms with Crippen LogP contribution in [0.2, 0.25) is 0 Å². The van der Waals surface area contributed by atoms with Crippen molar-refractivity contribution in [3.8, 4) is 0 Å². The Balaban J connectivity index is 2.08. The molecule has 2 rings (SSSR count). The maximum absolute atomic E-state index is 5.80. The molecule has 0 atom stereocenters. The van der Waals surface area contributed by atoms with E-state index in [1.165, 1.54) is 6.33 Å². The Morgan fingerprint density at radius 3 is 2.94 bits per heavy atom. The summed E-state index contributed by atoms with van der Waals surface area (Å²) in [5.41, 5.74) is 8.27. The fourth-order valence-corrected chi connectivity index (χ4v) is 1.31. The van der Waals surface area contributed by atoms with Gasteiger partial charge in [-0.25, -0.2) is 15.0 Å². The molecule has 82 valence electrons. The third kappa shape index (κ3) is 2.44. The summed E-state index contributed by atoms with van der Waals surface area (Å²) in [6.07, 6.45) is 3.22. The third-order valence-electron chi connectivity index (χ3n) is 2.15. The number of nitrogens with zero attached hydrogens (tertiary/aromatic N) is 3. The quantitative estimate of drug-likeness (QED) is 0.808. The molecule has 0 aliphatic carbocycles. The number of nitrogens with two attached hydrogens (primary N) is 1. The highest BCUT2D eigenvalue weighted by Gasteiger charge is 2.01. The van der Waals surface area contributed by atoms with E-state index in [9.17, 15) is 0 Å². The number of pyridine rings is 1. The second-order valence-corrected chi connectivity index (χ2v) is 3.44. The van der Waals surface area contributed by atoms with Crippen molar-refractivity contribution in [2.45, 2.75) is 13.5 Å². The van der Waals surface area contributed by atoms with Gasteiger partial charge in [0, 0.05) is 11.9 Å². The number of aromatic nitrogens is 3. The number of rotatable bonds is 3. The standard InChI is InChI=1S/C11H13N5/c1-8-2-3-10(12)11(16-8)14-6-9-4-5-13-7-15-9/h2-5,7H,6,12H2,1H3,(H,14,16). The maximum atomic E-state index is 5.80. The number of aryl methyl sites for hydroxylation is 1. The van der Waals surface area contributed by atoms with Crippen molar-refractivity contribution in [1.82, 2.24) is 15.0 Å². The Labute approximate surface area is 93.8 Å². The molecule has 0 radical (unpaired) electrons. The zero-order valence-electron chi connectivity index (χ0n) is 9.01. The molecule has 2 aromatic heterocycles. The largest absolute Gasteiger partial charge is 0.396 e. The lowest BCUT2D eigenvalue weighted by Crippen LogP contribution is -2.06. The van der Waals surface area contributed by atoms with Gasteiger partial charge in [0.05, 0.1) is 17.9 Å². The van der Waals surface area contributed by atoms with Gasteiger partial charge < -0.3 is 11.1 Å². The van der Waals surface area contributed by atoms with Gasteiger partial charge >= 0.3 is 0 Å². The normalized spacial score (nSPS) is 10.1. The van der Waals surface area contributed by atoms with Crippen molar-refractivity contribution < 1.29 is 0 Å². The van der Waals surface area contributed by atoms with Gasteiger partial charge in [0.1, 0.15) is 12.1 Å². The highest BCUT2D eigenvalue weighted by atomic mass is 15.0. The highest BCUT2D eigenvalue weighted by molar-refractivity contribution is 5.61. The van der Waals surface area contributed by atoms with Gasteiger partial charge in [-0.1, -0.05) is 0 Å². The molecule has 16 heavy (non-hydrogen) atoms. The monoisotopic (exact) mass is 215 g/mol. The third-order valence-corrected chi connectivity index (χ3v) is 2.15. The van der Waals surface area contributed by atoms with Crippen molar-refractivity contribution >= 4 is 11.5 Å². The van der Waals surface area contributed by atoms with E-state index in [-0.39, 0.29) is 0 Å². The summed E-state index contributed by atoms with van der Waals surface area (Å²) in [6.45, 7) is 2.51. The van der Waals surface area contributed by atoms with Crippen LogP contribution in [0.3, 0.4) is 0 Å². The van der Waals surface area contributed by atoms with E-state index >= 15 is 0 Å². The minimum atomic E-state index is 0.586. The van der Waals surface area contributed by atoms with Crippen molar-refractivity contribution in [3.05, 3.63) is 42.1 Å². The molecule has 0 aliphatic heterocycles. The van der Waals surface area contributed by atoms with Gasteiger partial charge in [0.25, 0.3) is 0 Å². The van der Waals surface area contributed by atoms with E-state index < -0.39 is 0 Å². The fraction of sp³-hybridized carbons (Fsp3) is 0.182. The molecule has 0 aromatic carbocycles. The smallest absolute Gasteiger partial charge is 0.149 e. The van der Waals surface area contributed by atoms with Gasteiger partial charge in [-0.3, -0.25) is 0 Å². The van der Waals surface area contributed by atoms with Crippen molar-refractivity contribution in [3.63, 3.8) is 0 Å². The Bertz CT molecular complexity index is 469. The van der Waals surface area contributed by atoms with Crippen LogP contribution in [0.1, 0.15) is 11.4 Å². The summed E-state index contributed by atoms with van der Waals surface area (Å²) in [4.78, 5) is 12.3. The van der Waals surface area contributed by atoms with Gasteiger partial charge in [-0.15, -0.1) is 0 Å². The summed E-state index contributed by atoms with van der Waals surface area (Å²) < 4.78 is 0. The van der Waals surface area contributed by atoms with Crippen LogP contribution in [0.4, 0.5) is 11.5 Å². The molecule has 0 saturated carbocycles. The molecule has 2 aromatic rings. The van der Waals surface area contributed by atoms with Crippen molar-refractivity contribution in [2.24, 2.45) is 0 Å². The number of anilines is 2. The molecule has 0 spiro atoms. The number of nitrogens with one attached hydrogen (secondary N) is 1. The minimum absolute atomic E-state index is 0.586. The van der Waals surface area contributed by atoms with Gasteiger partial charge in [-0.05, 0) is 25.1 Å².